The SMILES string of the molecule is O=c1ccn(-c2cc(-c3ccccc3)ccn2)c(Cl)c1O. The molecule has 0 amide bonds. The number of benzene rings is 1. The average molecular weight is 299 g/mol. The van der Waals surface area contributed by atoms with E-state index < -0.39 is 11.2 Å². The van der Waals surface area contributed by atoms with Crippen LogP contribution < -0.4 is 5.43 Å². The van der Waals surface area contributed by atoms with E-state index in [1.165, 1.54) is 16.8 Å². The predicted octanol–water partition coefficient (Wildman–Crippen LogP) is 3.26. The third-order valence-electron chi connectivity index (χ3n) is 3.11. The van der Waals surface area contributed by atoms with Crippen LogP contribution in [0.4, 0.5) is 0 Å². The zero-order chi connectivity index (χ0) is 14.8. The van der Waals surface area contributed by atoms with Gasteiger partial charge in [-0.05, 0) is 23.3 Å². The first-order valence-corrected chi connectivity index (χ1v) is 6.66. The smallest absolute Gasteiger partial charge is 0.224 e. The second kappa shape index (κ2) is 5.42. The average Bonchev–Trinajstić information content (AvgIpc) is 2.54. The minimum atomic E-state index is -0.518. The molecule has 21 heavy (non-hydrogen) atoms. The zero-order valence-electron chi connectivity index (χ0n) is 10.9. The van der Waals surface area contributed by atoms with Gasteiger partial charge in [0.25, 0.3) is 0 Å². The van der Waals surface area contributed by atoms with Crippen LogP contribution >= 0.6 is 11.6 Å². The zero-order valence-corrected chi connectivity index (χ0v) is 11.7. The molecule has 3 aromatic rings. The molecule has 0 bridgehead atoms. The Balaban J connectivity index is 2.13. The summed E-state index contributed by atoms with van der Waals surface area (Å²) in [6, 6.07) is 14.8. The van der Waals surface area contributed by atoms with Crippen molar-refractivity contribution < 1.29 is 5.11 Å². The van der Waals surface area contributed by atoms with E-state index in [0.717, 1.165) is 11.1 Å². The van der Waals surface area contributed by atoms with Crippen LogP contribution in [0.15, 0.2) is 65.7 Å². The second-order valence-corrected chi connectivity index (χ2v) is 4.82. The highest BCUT2D eigenvalue weighted by atomic mass is 35.5. The van der Waals surface area contributed by atoms with Crippen molar-refractivity contribution in [3.63, 3.8) is 0 Å². The van der Waals surface area contributed by atoms with Crippen molar-refractivity contribution in [1.29, 1.82) is 0 Å². The molecule has 1 aromatic carbocycles. The van der Waals surface area contributed by atoms with Gasteiger partial charge in [-0.2, -0.15) is 0 Å². The summed E-state index contributed by atoms with van der Waals surface area (Å²) >= 11 is 6.00. The normalized spacial score (nSPS) is 10.5. The highest BCUT2D eigenvalue weighted by Gasteiger charge is 2.10. The number of hydrogen-bond acceptors (Lipinski definition) is 3. The fraction of sp³-hybridized carbons (Fsp3) is 0. The Morgan fingerprint density at radius 2 is 1.81 bits per heavy atom. The van der Waals surface area contributed by atoms with Crippen LogP contribution in [0, 0.1) is 0 Å². The third-order valence-corrected chi connectivity index (χ3v) is 3.48. The molecule has 0 spiro atoms. The van der Waals surface area contributed by atoms with Gasteiger partial charge in [0.05, 0.1) is 0 Å². The molecule has 0 aliphatic carbocycles. The Hall–Kier alpha value is -2.59. The minimum absolute atomic E-state index is 0.0554. The maximum atomic E-state index is 11.3. The summed E-state index contributed by atoms with van der Waals surface area (Å²) in [6.07, 6.45) is 3.14. The lowest BCUT2D eigenvalue weighted by atomic mass is 10.1. The fourth-order valence-corrected chi connectivity index (χ4v) is 2.28. The number of nitrogens with zero attached hydrogens (tertiary/aromatic N) is 2. The highest BCUT2D eigenvalue weighted by Crippen LogP contribution is 2.24. The van der Waals surface area contributed by atoms with Gasteiger partial charge in [-0.3, -0.25) is 9.36 Å². The first-order chi connectivity index (χ1) is 10.2. The summed E-state index contributed by atoms with van der Waals surface area (Å²) in [5.41, 5.74) is 1.49. The van der Waals surface area contributed by atoms with Gasteiger partial charge in [0.1, 0.15) is 5.82 Å². The molecule has 4 nitrogen and oxygen atoms in total. The Labute approximate surface area is 125 Å². The maximum Gasteiger partial charge on any atom is 0.224 e. The maximum absolute atomic E-state index is 11.3. The quantitative estimate of drug-likeness (QED) is 0.739. The van der Waals surface area contributed by atoms with Gasteiger partial charge in [0.2, 0.25) is 5.43 Å². The fourth-order valence-electron chi connectivity index (χ4n) is 2.04. The molecule has 0 atom stereocenters. The summed E-state index contributed by atoms with van der Waals surface area (Å²) < 4.78 is 1.46. The van der Waals surface area contributed by atoms with Crippen LogP contribution in [-0.4, -0.2) is 14.7 Å². The summed E-state index contributed by atoms with van der Waals surface area (Å²) in [4.78, 5) is 15.6. The number of halogens is 1. The molecular formula is C16H11ClN2O2. The Morgan fingerprint density at radius 1 is 1.05 bits per heavy atom. The molecule has 0 unspecified atom stereocenters. The molecule has 0 saturated carbocycles. The van der Waals surface area contributed by atoms with Crippen molar-refractivity contribution in [2.75, 3.05) is 0 Å². The van der Waals surface area contributed by atoms with Crippen molar-refractivity contribution in [2.45, 2.75) is 0 Å². The van der Waals surface area contributed by atoms with E-state index in [1.807, 2.05) is 42.5 Å². The van der Waals surface area contributed by atoms with E-state index >= 15 is 0 Å². The lowest BCUT2D eigenvalue weighted by Crippen LogP contribution is -2.07. The number of aromatic nitrogens is 2. The molecule has 5 heteroatoms. The van der Waals surface area contributed by atoms with Crippen molar-refractivity contribution in [2.24, 2.45) is 0 Å². The van der Waals surface area contributed by atoms with Crippen molar-refractivity contribution in [1.82, 2.24) is 9.55 Å². The number of aromatic hydroxyl groups is 1. The number of hydrogen-bond donors (Lipinski definition) is 1. The molecule has 3 rings (SSSR count). The minimum Gasteiger partial charge on any atom is -0.502 e. The number of pyridine rings is 2. The molecule has 1 N–H and O–H groups in total. The molecular weight excluding hydrogens is 288 g/mol. The summed E-state index contributed by atoms with van der Waals surface area (Å²) in [7, 11) is 0. The van der Waals surface area contributed by atoms with E-state index in [4.69, 9.17) is 11.6 Å². The van der Waals surface area contributed by atoms with Gasteiger partial charge in [0.15, 0.2) is 10.9 Å². The second-order valence-electron chi connectivity index (χ2n) is 4.46. The molecule has 0 aliphatic heterocycles. The van der Waals surface area contributed by atoms with Gasteiger partial charge < -0.3 is 5.11 Å². The third kappa shape index (κ3) is 2.53. The van der Waals surface area contributed by atoms with Gasteiger partial charge >= 0.3 is 0 Å². The number of rotatable bonds is 2. The van der Waals surface area contributed by atoms with E-state index in [0.29, 0.717) is 5.82 Å². The standard InChI is InChI=1S/C16H11ClN2O2/c17-16-15(21)13(20)7-9-19(16)14-10-12(6-8-18-14)11-4-2-1-3-5-11/h1-10,21H. The molecule has 2 aromatic heterocycles. The Kier molecular flexibility index (Phi) is 3.46. The van der Waals surface area contributed by atoms with Gasteiger partial charge in [-0.15, -0.1) is 0 Å². The molecule has 0 radical (unpaired) electrons. The van der Waals surface area contributed by atoms with Crippen LogP contribution in [-0.2, 0) is 0 Å². The van der Waals surface area contributed by atoms with E-state index in [1.54, 1.807) is 6.20 Å². The summed E-state index contributed by atoms with van der Waals surface area (Å²) in [5.74, 6) is 0.0442. The van der Waals surface area contributed by atoms with Crippen LogP contribution in [0.2, 0.25) is 5.15 Å². The van der Waals surface area contributed by atoms with E-state index in [2.05, 4.69) is 4.98 Å². The molecule has 0 aliphatic rings. The lowest BCUT2D eigenvalue weighted by Gasteiger charge is -2.10. The molecule has 0 saturated heterocycles. The Morgan fingerprint density at radius 3 is 2.57 bits per heavy atom. The highest BCUT2D eigenvalue weighted by molar-refractivity contribution is 6.31. The Bertz CT molecular complexity index is 844. The van der Waals surface area contributed by atoms with E-state index in [9.17, 15) is 9.90 Å². The molecule has 0 fully saturated rings. The van der Waals surface area contributed by atoms with Gasteiger partial charge in [-0.25, -0.2) is 4.98 Å². The van der Waals surface area contributed by atoms with Crippen molar-refractivity contribution >= 4 is 11.6 Å². The lowest BCUT2D eigenvalue weighted by molar-refractivity contribution is 0.465. The monoisotopic (exact) mass is 298 g/mol. The summed E-state index contributed by atoms with van der Waals surface area (Å²) in [5, 5.41) is 9.59. The van der Waals surface area contributed by atoms with E-state index in [-0.39, 0.29) is 5.15 Å². The summed E-state index contributed by atoms with van der Waals surface area (Å²) in [6.45, 7) is 0. The van der Waals surface area contributed by atoms with Gasteiger partial charge in [-0.1, -0.05) is 41.9 Å². The van der Waals surface area contributed by atoms with Crippen molar-refractivity contribution in [3.05, 3.63) is 76.3 Å². The topological polar surface area (TPSA) is 55.1 Å². The van der Waals surface area contributed by atoms with Crippen molar-refractivity contribution in [3.8, 4) is 22.7 Å². The molecule has 104 valence electrons. The largest absolute Gasteiger partial charge is 0.502 e. The predicted molar refractivity (Wildman–Crippen MR) is 81.9 cm³/mol. The van der Waals surface area contributed by atoms with Gasteiger partial charge in [0, 0.05) is 18.5 Å². The van der Waals surface area contributed by atoms with Crippen LogP contribution in [0.25, 0.3) is 16.9 Å². The van der Waals surface area contributed by atoms with Crippen LogP contribution in [0.5, 0.6) is 5.75 Å². The molecule has 2 heterocycles. The first-order valence-electron chi connectivity index (χ1n) is 6.29. The van der Waals surface area contributed by atoms with Crippen LogP contribution in [0.1, 0.15) is 0 Å². The first kappa shape index (κ1) is 13.4. The van der Waals surface area contributed by atoms with Crippen LogP contribution in [0.3, 0.4) is 0 Å².